The Kier molecular flexibility index (Phi) is 8.47. The number of ether oxygens (including phenoxy) is 1. The maximum Gasteiger partial charge on any atom is 0.255 e. The number of hydrogen-bond acceptors (Lipinski definition) is 4. The number of anilines is 1. The highest BCUT2D eigenvalue weighted by molar-refractivity contribution is 9.10. The van der Waals surface area contributed by atoms with Gasteiger partial charge in [0.1, 0.15) is 5.75 Å². The van der Waals surface area contributed by atoms with Gasteiger partial charge in [-0.2, -0.15) is 0 Å². The molecule has 2 N–H and O–H groups in total. The summed E-state index contributed by atoms with van der Waals surface area (Å²) in [6.07, 6.45) is 2.73. The van der Waals surface area contributed by atoms with Gasteiger partial charge in [0.25, 0.3) is 5.91 Å². The Hall–Kier alpha value is -1.90. The summed E-state index contributed by atoms with van der Waals surface area (Å²) >= 11 is 3.43. The van der Waals surface area contributed by atoms with Gasteiger partial charge in [-0.3, -0.25) is 4.79 Å². The minimum atomic E-state index is -3.52. The van der Waals surface area contributed by atoms with Gasteiger partial charge in [0.05, 0.1) is 16.0 Å². The van der Waals surface area contributed by atoms with Crippen molar-refractivity contribution in [1.29, 1.82) is 0 Å². The fraction of sp³-hybridized carbons (Fsp3) is 0.350. The molecule has 2 aromatic carbocycles. The third kappa shape index (κ3) is 6.32. The van der Waals surface area contributed by atoms with Gasteiger partial charge in [0, 0.05) is 17.8 Å². The fourth-order valence-corrected chi connectivity index (χ4v) is 3.95. The van der Waals surface area contributed by atoms with Crippen LogP contribution in [-0.2, 0) is 10.0 Å². The second-order valence-electron chi connectivity index (χ2n) is 6.22. The van der Waals surface area contributed by atoms with Crippen LogP contribution < -0.4 is 14.8 Å². The van der Waals surface area contributed by atoms with Crippen molar-refractivity contribution < 1.29 is 17.9 Å². The van der Waals surface area contributed by atoms with Crippen molar-refractivity contribution in [3.8, 4) is 5.75 Å². The third-order valence-corrected chi connectivity index (χ3v) is 6.01. The summed E-state index contributed by atoms with van der Waals surface area (Å²) in [5.41, 5.74) is 0.981. The van der Waals surface area contributed by atoms with Crippen molar-refractivity contribution in [1.82, 2.24) is 4.72 Å². The number of carbonyl (C=O) groups excluding carboxylic acids is 1. The normalized spacial score (nSPS) is 11.2. The van der Waals surface area contributed by atoms with E-state index in [4.69, 9.17) is 4.74 Å². The largest absolute Gasteiger partial charge is 0.492 e. The Morgan fingerprint density at radius 3 is 2.39 bits per heavy atom. The molecule has 1 amide bonds. The van der Waals surface area contributed by atoms with Gasteiger partial charge >= 0.3 is 0 Å². The minimum Gasteiger partial charge on any atom is -0.492 e. The molecule has 2 aromatic rings. The summed E-state index contributed by atoms with van der Waals surface area (Å²) in [6, 6.07) is 11.2. The Bertz CT molecular complexity index is 899. The van der Waals surface area contributed by atoms with E-state index >= 15 is 0 Å². The van der Waals surface area contributed by atoms with Crippen molar-refractivity contribution >= 4 is 37.5 Å². The standard InChI is InChI=1S/C20H25BrN2O4S/c1-3-5-13-27-19-11-6-15(14-18(19)21)20(24)23-16-7-9-17(10-8-16)28(25,26)22-12-4-2/h6-11,14,22H,3-5,12-13H2,1-2H3,(H,23,24). The number of hydrogen-bond donors (Lipinski definition) is 2. The molecular weight excluding hydrogens is 444 g/mol. The number of sulfonamides is 1. The van der Waals surface area contributed by atoms with Crippen LogP contribution in [-0.4, -0.2) is 27.5 Å². The smallest absolute Gasteiger partial charge is 0.255 e. The maximum atomic E-state index is 12.5. The fourth-order valence-electron chi connectivity index (χ4n) is 2.33. The first-order chi connectivity index (χ1) is 13.4. The first-order valence-electron chi connectivity index (χ1n) is 9.20. The molecule has 0 radical (unpaired) electrons. The van der Waals surface area contributed by atoms with Crippen molar-refractivity contribution in [2.45, 2.75) is 38.0 Å². The third-order valence-electron chi connectivity index (χ3n) is 3.91. The Balaban J connectivity index is 2.03. The molecule has 2 rings (SSSR count). The molecule has 0 atom stereocenters. The number of nitrogens with one attached hydrogen (secondary N) is 2. The molecule has 6 nitrogen and oxygen atoms in total. The first kappa shape index (κ1) is 22.4. The summed E-state index contributed by atoms with van der Waals surface area (Å²) in [5.74, 6) is 0.402. The Morgan fingerprint density at radius 2 is 1.79 bits per heavy atom. The highest BCUT2D eigenvalue weighted by Gasteiger charge is 2.14. The molecule has 0 fully saturated rings. The lowest BCUT2D eigenvalue weighted by molar-refractivity contribution is 0.102. The predicted molar refractivity (Wildman–Crippen MR) is 114 cm³/mol. The molecule has 0 spiro atoms. The lowest BCUT2D eigenvalue weighted by Crippen LogP contribution is -2.24. The zero-order valence-electron chi connectivity index (χ0n) is 16.0. The summed E-state index contributed by atoms with van der Waals surface area (Å²) < 4.78 is 33.1. The number of benzene rings is 2. The SMILES string of the molecule is CCCCOc1ccc(C(=O)Nc2ccc(S(=O)(=O)NCCC)cc2)cc1Br. The summed E-state index contributed by atoms with van der Waals surface area (Å²) in [7, 11) is -3.52. The molecule has 0 bridgehead atoms. The molecule has 8 heteroatoms. The van der Waals surface area contributed by atoms with Gasteiger partial charge in [-0.25, -0.2) is 13.1 Å². The number of amides is 1. The molecule has 0 aliphatic rings. The van der Waals surface area contributed by atoms with E-state index in [-0.39, 0.29) is 10.8 Å². The van der Waals surface area contributed by atoms with E-state index in [0.29, 0.717) is 41.0 Å². The molecular formula is C20H25BrN2O4S. The van der Waals surface area contributed by atoms with Crippen LogP contribution in [0.1, 0.15) is 43.5 Å². The number of unbranched alkanes of at least 4 members (excludes halogenated alkanes) is 1. The quantitative estimate of drug-likeness (QED) is 0.500. The molecule has 0 heterocycles. The van der Waals surface area contributed by atoms with E-state index in [9.17, 15) is 13.2 Å². The molecule has 0 aliphatic carbocycles. The monoisotopic (exact) mass is 468 g/mol. The van der Waals surface area contributed by atoms with E-state index in [1.54, 1.807) is 30.3 Å². The van der Waals surface area contributed by atoms with Crippen LogP contribution in [0.4, 0.5) is 5.69 Å². The van der Waals surface area contributed by atoms with Gasteiger partial charge in [0.2, 0.25) is 10.0 Å². The van der Waals surface area contributed by atoms with Gasteiger partial charge in [-0.15, -0.1) is 0 Å². The van der Waals surface area contributed by atoms with Crippen molar-refractivity contribution in [2.24, 2.45) is 0 Å². The zero-order chi connectivity index (χ0) is 20.6. The summed E-state index contributed by atoms with van der Waals surface area (Å²) in [6.45, 7) is 5.00. The predicted octanol–water partition coefficient (Wildman–Crippen LogP) is 4.57. The van der Waals surface area contributed by atoms with Gasteiger partial charge < -0.3 is 10.1 Å². The van der Waals surface area contributed by atoms with Crippen molar-refractivity contribution in [3.63, 3.8) is 0 Å². The van der Waals surface area contributed by atoms with Crippen molar-refractivity contribution in [2.75, 3.05) is 18.5 Å². The van der Waals surface area contributed by atoms with E-state index in [1.165, 1.54) is 12.1 Å². The maximum absolute atomic E-state index is 12.5. The van der Waals surface area contributed by atoms with E-state index in [2.05, 4.69) is 32.9 Å². The molecule has 0 aromatic heterocycles. The van der Waals surface area contributed by atoms with Crippen molar-refractivity contribution in [3.05, 3.63) is 52.5 Å². The highest BCUT2D eigenvalue weighted by atomic mass is 79.9. The zero-order valence-corrected chi connectivity index (χ0v) is 18.4. The Morgan fingerprint density at radius 1 is 1.07 bits per heavy atom. The highest BCUT2D eigenvalue weighted by Crippen LogP contribution is 2.26. The molecule has 0 unspecified atom stereocenters. The Labute approximate surface area is 174 Å². The second kappa shape index (κ2) is 10.6. The number of halogens is 1. The number of rotatable bonds is 10. The summed E-state index contributed by atoms with van der Waals surface area (Å²) in [4.78, 5) is 12.6. The van der Waals surface area contributed by atoms with E-state index in [0.717, 1.165) is 12.8 Å². The molecule has 0 saturated heterocycles. The van der Waals surface area contributed by atoms with Crippen LogP contribution in [0.25, 0.3) is 0 Å². The van der Waals surface area contributed by atoms with Gasteiger partial charge in [0.15, 0.2) is 0 Å². The average molecular weight is 469 g/mol. The molecule has 28 heavy (non-hydrogen) atoms. The number of carbonyl (C=O) groups is 1. The average Bonchev–Trinajstić information content (AvgIpc) is 2.68. The van der Waals surface area contributed by atoms with Gasteiger partial charge in [-0.05, 0) is 71.2 Å². The lowest BCUT2D eigenvalue weighted by atomic mass is 10.2. The van der Waals surface area contributed by atoms with Crippen LogP contribution >= 0.6 is 15.9 Å². The molecule has 0 aliphatic heterocycles. The minimum absolute atomic E-state index is 0.162. The topological polar surface area (TPSA) is 84.5 Å². The first-order valence-corrected chi connectivity index (χ1v) is 11.5. The second-order valence-corrected chi connectivity index (χ2v) is 8.84. The summed E-state index contributed by atoms with van der Waals surface area (Å²) in [5, 5.41) is 2.76. The van der Waals surface area contributed by atoms with E-state index in [1.807, 2.05) is 6.92 Å². The van der Waals surface area contributed by atoms with Gasteiger partial charge in [-0.1, -0.05) is 20.3 Å². The lowest BCUT2D eigenvalue weighted by Gasteiger charge is -2.10. The molecule has 152 valence electrons. The van der Waals surface area contributed by atoms with E-state index < -0.39 is 10.0 Å². The molecule has 0 saturated carbocycles. The van der Waals surface area contributed by atoms with Crippen LogP contribution in [0.3, 0.4) is 0 Å². The van der Waals surface area contributed by atoms with Crippen LogP contribution in [0.2, 0.25) is 0 Å². The van der Waals surface area contributed by atoms with Crippen LogP contribution in [0.15, 0.2) is 51.8 Å². The van der Waals surface area contributed by atoms with Crippen LogP contribution in [0.5, 0.6) is 5.75 Å². The van der Waals surface area contributed by atoms with Crippen LogP contribution in [0, 0.1) is 0 Å².